The van der Waals surface area contributed by atoms with Crippen molar-refractivity contribution < 1.29 is 75.7 Å². The molecule has 0 aromatic heterocycles. The molecule has 1 aromatic rings. The number of hydrogen-bond donors (Lipinski definition) is 3. The normalized spacial score (nSPS) is 7.87. The largest absolute Gasteiger partial charge is 1.00 e. The molecule has 7 heteroatoms. The number of hydrogen-bond acceptors (Lipinski definition) is 5. The van der Waals surface area contributed by atoms with Crippen LogP contribution in [0.3, 0.4) is 0 Å². The van der Waals surface area contributed by atoms with Crippen molar-refractivity contribution in [3.8, 4) is 0 Å². The SMILES string of the molecule is O=C([O-])c1cccc(C(=O)O)c1.OS.[K+]. The standard InChI is InChI=1S/C8H6O4.K.H2OS/c9-7(10)5-2-1-3-6(4-5)8(11)12;;1-2/h1-4H,(H,9,10)(H,11,12);;1-2H/q;+1;/p-1. The van der Waals surface area contributed by atoms with E-state index in [4.69, 9.17) is 9.66 Å². The zero-order valence-corrected chi connectivity index (χ0v) is 11.9. The maximum Gasteiger partial charge on any atom is 1.00 e. The third-order valence-corrected chi connectivity index (χ3v) is 1.35. The topological polar surface area (TPSA) is 97.7 Å². The predicted molar refractivity (Wildman–Crippen MR) is 49.3 cm³/mol. The van der Waals surface area contributed by atoms with E-state index in [0.29, 0.717) is 0 Å². The first kappa shape index (κ1) is 17.5. The van der Waals surface area contributed by atoms with E-state index < -0.39 is 11.9 Å². The summed E-state index contributed by atoms with van der Waals surface area (Å²) in [6, 6.07) is 5.00. The van der Waals surface area contributed by atoms with Gasteiger partial charge < -0.3 is 19.6 Å². The first-order valence-electron chi connectivity index (χ1n) is 3.36. The van der Waals surface area contributed by atoms with Crippen molar-refractivity contribution in [2.45, 2.75) is 0 Å². The van der Waals surface area contributed by atoms with Crippen molar-refractivity contribution in [2.75, 3.05) is 0 Å². The molecule has 0 radical (unpaired) electrons. The van der Waals surface area contributed by atoms with Gasteiger partial charge in [-0.25, -0.2) is 4.79 Å². The fourth-order valence-electron chi connectivity index (χ4n) is 0.779. The van der Waals surface area contributed by atoms with E-state index in [1.165, 1.54) is 18.2 Å². The summed E-state index contributed by atoms with van der Waals surface area (Å²) < 4.78 is 6.69. The molecular formula is C8H7KO5S. The smallest absolute Gasteiger partial charge is 0.545 e. The van der Waals surface area contributed by atoms with E-state index in [1.807, 2.05) is 0 Å². The number of benzene rings is 1. The molecule has 0 unspecified atom stereocenters. The monoisotopic (exact) mass is 254 g/mol. The van der Waals surface area contributed by atoms with Gasteiger partial charge in [-0.05, 0) is 30.6 Å². The van der Waals surface area contributed by atoms with Gasteiger partial charge in [-0.3, -0.25) is 0 Å². The van der Waals surface area contributed by atoms with Crippen molar-refractivity contribution in [1.82, 2.24) is 0 Å². The van der Waals surface area contributed by atoms with E-state index in [0.717, 1.165) is 6.07 Å². The Labute approximate surface area is 134 Å². The van der Waals surface area contributed by atoms with Gasteiger partial charge in [0, 0.05) is 0 Å². The van der Waals surface area contributed by atoms with Crippen LogP contribution >= 0.6 is 12.9 Å². The number of carboxylic acids is 2. The Morgan fingerprint density at radius 3 is 2.07 bits per heavy atom. The first-order chi connectivity index (χ1) is 6.61. The van der Waals surface area contributed by atoms with Crippen LogP contribution in [0.15, 0.2) is 24.3 Å². The van der Waals surface area contributed by atoms with Gasteiger partial charge in [0.1, 0.15) is 0 Å². The zero-order chi connectivity index (χ0) is 11.1. The van der Waals surface area contributed by atoms with Gasteiger partial charge in [0.25, 0.3) is 0 Å². The minimum atomic E-state index is -1.38. The zero-order valence-electron chi connectivity index (χ0n) is 7.88. The van der Waals surface area contributed by atoms with Gasteiger partial charge in [0.2, 0.25) is 0 Å². The Kier molecular flexibility index (Phi) is 10.9. The number of carbonyl (C=O) groups is 2. The van der Waals surface area contributed by atoms with Crippen molar-refractivity contribution in [3.05, 3.63) is 35.4 Å². The Morgan fingerprint density at radius 2 is 1.67 bits per heavy atom. The minimum Gasteiger partial charge on any atom is -0.545 e. The van der Waals surface area contributed by atoms with Gasteiger partial charge >= 0.3 is 57.4 Å². The van der Waals surface area contributed by atoms with Gasteiger partial charge in [-0.1, -0.05) is 12.1 Å². The average Bonchev–Trinajstić information content (AvgIpc) is 2.21. The average molecular weight is 254 g/mol. The molecule has 0 fully saturated rings. The number of thiol groups is 1. The Bertz CT molecular complexity index is 312. The molecular weight excluding hydrogens is 247 g/mol. The van der Waals surface area contributed by atoms with Crippen LogP contribution in [0, 0.1) is 0 Å². The molecule has 0 amide bonds. The van der Waals surface area contributed by atoms with E-state index >= 15 is 0 Å². The van der Waals surface area contributed by atoms with Crippen molar-refractivity contribution in [1.29, 1.82) is 0 Å². The Hall–Kier alpha value is 0.106. The van der Waals surface area contributed by atoms with E-state index in [-0.39, 0.29) is 62.5 Å². The second-order valence-corrected chi connectivity index (χ2v) is 2.17. The summed E-state index contributed by atoms with van der Waals surface area (Å²) in [5.41, 5.74) is -0.188. The molecule has 0 saturated carbocycles. The number of rotatable bonds is 2. The van der Waals surface area contributed by atoms with Crippen LogP contribution in [0.5, 0.6) is 0 Å². The summed E-state index contributed by atoms with van der Waals surface area (Å²) in [5, 5.41) is 18.7. The fraction of sp³-hybridized carbons (Fsp3) is 0. The molecule has 0 aliphatic rings. The maximum absolute atomic E-state index is 10.4. The first-order valence-corrected chi connectivity index (χ1v) is 3.76. The number of carboxylic acid groups (broad SMARTS) is 2. The van der Waals surface area contributed by atoms with Gasteiger partial charge in [0.15, 0.2) is 0 Å². The molecule has 0 aliphatic heterocycles. The molecule has 0 bridgehead atoms. The van der Waals surface area contributed by atoms with Gasteiger partial charge in [-0.2, -0.15) is 0 Å². The van der Waals surface area contributed by atoms with Crippen LogP contribution in [0.1, 0.15) is 20.7 Å². The predicted octanol–water partition coefficient (Wildman–Crippen LogP) is -2.86. The molecule has 1 aromatic carbocycles. The number of aromatic carboxylic acids is 2. The van der Waals surface area contributed by atoms with Crippen LogP contribution in [-0.2, 0) is 0 Å². The van der Waals surface area contributed by atoms with E-state index in [1.54, 1.807) is 0 Å². The molecule has 1 rings (SSSR count). The quantitative estimate of drug-likeness (QED) is 0.300. The summed E-state index contributed by atoms with van der Waals surface area (Å²) in [6.45, 7) is 0. The second kappa shape index (κ2) is 9.34. The summed E-state index contributed by atoms with van der Waals surface area (Å²) in [7, 11) is 0. The van der Waals surface area contributed by atoms with Crippen LogP contribution in [0.25, 0.3) is 0 Å². The summed E-state index contributed by atoms with van der Waals surface area (Å²) in [6.07, 6.45) is 0. The van der Waals surface area contributed by atoms with Crippen LogP contribution in [0.4, 0.5) is 0 Å². The Morgan fingerprint density at radius 1 is 1.20 bits per heavy atom. The molecule has 0 aliphatic carbocycles. The third-order valence-electron chi connectivity index (χ3n) is 1.35. The van der Waals surface area contributed by atoms with E-state index in [9.17, 15) is 14.7 Å². The molecule has 0 heterocycles. The van der Waals surface area contributed by atoms with Crippen molar-refractivity contribution in [2.24, 2.45) is 0 Å². The van der Waals surface area contributed by atoms with Crippen molar-refractivity contribution >= 4 is 24.8 Å². The third kappa shape index (κ3) is 6.31. The molecule has 2 N–H and O–H groups in total. The van der Waals surface area contributed by atoms with Crippen LogP contribution in [-0.4, -0.2) is 21.6 Å². The molecule has 0 spiro atoms. The maximum atomic E-state index is 10.4. The molecule has 5 nitrogen and oxygen atoms in total. The summed E-state index contributed by atoms with van der Waals surface area (Å²) >= 11 is 2.53. The Balaban J connectivity index is 0. The molecule has 0 atom stereocenters. The fourth-order valence-corrected chi connectivity index (χ4v) is 0.779. The summed E-state index contributed by atoms with van der Waals surface area (Å²) in [5.74, 6) is -2.53. The molecule has 15 heavy (non-hydrogen) atoms. The van der Waals surface area contributed by atoms with Crippen molar-refractivity contribution in [3.63, 3.8) is 0 Å². The van der Waals surface area contributed by atoms with Crippen LogP contribution in [0.2, 0.25) is 0 Å². The van der Waals surface area contributed by atoms with Crippen LogP contribution < -0.4 is 56.5 Å². The number of carbonyl (C=O) groups excluding carboxylic acids is 1. The molecule has 76 valence electrons. The summed E-state index contributed by atoms with van der Waals surface area (Å²) in [4.78, 5) is 20.6. The molecule has 0 saturated heterocycles. The van der Waals surface area contributed by atoms with Gasteiger partial charge in [0.05, 0.1) is 11.5 Å². The second-order valence-electron chi connectivity index (χ2n) is 2.17. The van der Waals surface area contributed by atoms with E-state index in [2.05, 4.69) is 12.9 Å². The minimum absolute atomic E-state index is 0. The van der Waals surface area contributed by atoms with Gasteiger partial charge in [-0.15, -0.1) is 0 Å².